The Hall–Kier alpha value is -0.701. The summed E-state index contributed by atoms with van der Waals surface area (Å²) in [5.74, 6) is 1.43. The van der Waals surface area contributed by atoms with Crippen LogP contribution in [-0.4, -0.2) is 20.0 Å². The molecule has 0 fully saturated rings. The van der Waals surface area contributed by atoms with Gasteiger partial charge in [0.15, 0.2) is 6.29 Å². The van der Waals surface area contributed by atoms with Crippen molar-refractivity contribution in [2.75, 3.05) is 13.7 Å². The summed E-state index contributed by atoms with van der Waals surface area (Å²) in [5.41, 5.74) is 0. The monoisotopic (exact) mass is 258 g/mol. The Morgan fingerprint density at radius 2 is 2.00 bits per heavy atom. The summed E-state index contributed by atoms with van der Waals surface area (Å²) in [5, 5.41) is 0. The zero-order chi connectivity index (χ0) is 10.4. The molecule has 0 saturated carbocycles. The quantitative estimate of drug-likeness (QED) is 0.461. The molecular weight excluding hydrogens is 244 g/mol. The summed E-state index contributed by atoms with van der Waals surface area (Å²) >= 11 is 0. The van der Waals surface area contributed by atoms with Gasteiger partial charge in [0, 0.05) is 18.1 Å². The van der Waals surface area contributed by atoms with Crippen LogP contribution < -0.4 is 9.47 Å². The van der Waals surface area contributed by atoms with Crippen LogP contribution in [0, 0.1) is 6.07 Å². The molecule has 0 heterocycles. The molecule has 0 aliphatic carbocycles. The van der Waals surface area contributed by atoms with Crippen molar-refractivity contribution in [1.29, 1.82) is 0 Å². The van der Waals surface area contributed by atoms with Crippen LogP contribution in [0.25, 0.3) is 0 Å². The standard InChI is InChI=1S/C11H15O3.Cu/c1-4-13-9(2)14-11-7-5-6-10(8-11)12-3;/h6-9H,4H2,1-3H3;/q-1;+1. The van der Waals surface area contributed by atoms with E-state index in [4.69, 9.17) is 14.2 Å². The van der Waals surface area contributed by atoms with Gasteiger partial charge in [0.2, 0.25) is 0 Å². The molecule has 0 bridgehead atoms. The molecule has 0 amide bonds. The molecule has 4 heteroatoms. The fraction of sp³-hybridized carbons (Fsp3) is 0.455. The summed E-state index contributed by atoms with van der Waals surface area (Å²) < 4.78 is 15.8. The molecule has 0 aliphatic heterocycles. The third-order valence-electron chi connectivity index (χ3n) is 1.67. The maximum atomic E-state index is 5.46. The molecule has 1 rings (SSSR count). The molecule has 1 unspecified atom stereocenters. The van der Waals surface area contributed by atoms with Crippen molar-refractivity contribution in [3.8, 4) is 11.5 Å². The third-order valence-corrected chi connectivity index (χ3v) is 1.67. The van der Waals surface area contributed by atoms with Gasteiger partial charge in [-0.2, -0.15) is 6.07 Å². The second-order valence-corrected chi connectivity index (χ2v) is 2.75. The molecule has 0 radical (unpaired) electrons. The molecule has 0 saturated heterocycles. The minimum absolute atomic E-state index is 0. The van der Waals surface area contributed by atoms with Crippen LogP contribution in [0.3, 0.4) is 0 Å². The van der Waals surface area contributed by atoms with Crippen molar-refractivity contribution >= 4 is 0 Å². The van der Waals surface area contributed by atoms with Crippen LogP contribution in [0.15, 0.2) is 18.2 Å². The van der Waals surface area contributed by atoms with Gasteiger partial charge in [-0.05, 0) is 13.8 Å². The Morgan fingerprint density at radius 3 is 2.60 bits per heavy atom. The van der Waals surface area contributed by atoms with Gasteiger partial charge in [-0.1, -0.05) is 6.07 Å². The van der Waals surface area contributed by atoms with E-state index in [-0.39, 0.29) is 23.4 Å². The Balaban J connectivity index is 0.00000196. The zero-order valence-corrected chi connectivity index (χ0v) is 9.98. The first-order chi connectivity index (χ1) is 6.76. The van der Waals surface area contributed by atoms with Gasteiger partial charge >= 0.3 is 17.1 Å². The first-order valence-corrected chi connectivity index (χ1v) is 4.59. The Labute approximate surface area is 101 Å². The van der Waals surface area contributed by atoms with Crippen molar-refractivity contribution in [3.05, 3.63) is 24.3 Å². The number of benzene rings is 1. The van der Waals surface area contributed by atoms with Gasteiger partial charge in [-0.3, -0.25) is 0 Å². The summed E-state index contributed by atoms with van der Waals surface area (Å²) in [4.78, 5) is 0. The van der Waals surface area contributed by atoms with E-state index in [0.29, 0.717) is 12.4 Å². The van der Waals surface area contributed by atoms with Crippen molar-refractivity contribution < 1.29 is 31.3 Å². The number of rotatable bonds is 5. The minimum atomic E-state index is -0.250. The molecular formula is C11H15CuO3. The molecule has 0 aromatic heterocycles. The topological polar surface area (TPSA) is 27.7 Å². The zero-order valence-electron chi connectivity index (χ0n) is 9.04. The summed E-state index contributed by atoms with van der Waals surface area (Å²) in [7, 11) is 1.61. The van der Waals surface area contributed by atoms with Gasteiger partial charge in [0.1, 0.15) is 0 Å². The molecule has 1 atom stereocenters. The summed E-state index contributed by atoms with van der Waals surface area (Å²) in [6.45, 7) is 4.41. The smallest absolute Gasteiger partial charge is 0.554 e. The van der Waals surface area contributed by atoms with E-state index in [2.05, 4.69) is 6.07 Å². The molecule has 0 N–H and O–H groups in total. The molecule has 1 aromatic carbocycles. The first kappa shape index (κ1) is 14.3. The van der Waals surface area contributed by atoms with Gasteiger partial charge in [-0.15, -0.1) is 12.1 Å². The van der Waals surface area contributed by atoms with Gasteiger partial charge < -0.3 is 14.2 Å². The predicted octanol–water partition coefficient (Wildman–Crippen LogP) is 2.25. The average molecular weight is 259 g/mol. The van der Waals surface area contributed by atoms with Crippen molar-refractivity contribution in [3.63, 3.8) is 0 Å². The fourth-order valence-corrected chi connectivity index (χ4v) is 1.08. The maximum Gasteiger partial charge on any atom is 1.00 e. The molecule has 3 nitrogen and oxygen atoms in total. The SMILES string of the molecule is CCOC(C)Oc1c[c-]cc(OC)c1.[Cu+]. The molecule has 1 aromatic rings. The molecule has 15 heavy (non-hydrogen) atoms. The average Bonchev–Trinajstić information content (AvgIpc) is 2.18. The minimum Gasteiger partial charge on any atom is -0.554 e. The fourth-order valence-electron chi connectivity index (χ4n) is 1.08. The number of ether oxygens (including phenoxy) is 3. The van der Waals surface area contributed by atoms with Gasteiger partial charge in [-0.25, -0.2) is 0 Å². The van der Waals surface area contributed by atoms with E-state index >= 15 is 0 Å². The van der Waals surface area contributed by atoms with E-state index in [1.165, 1.54) is 0 Å². The van der Waals surface area contributed by atoms with Crippen LogP contribution in [-0.2, 0) is 21.8 Å². The van der Waals surface area contributed by atoms with Crippen molar-refractivity contribution in [2.24, 2.45) is 0 Å². The maximum absolute atomic E-state index is 5.46. The summed E-state index contributed by atoms with van der Waals surface area (Å²) in [6, 6.07) is 8.22. The van der Waals surface area contributed by atoms with Gasteiger partial charge in [0.05, 0.1) is 7.11 Å². The van der Waals surface area contributed by atoms with Crippen molar-refractivity contribution in [2.45, 2.75) is 20.1 Å². The second-order valence-electron chi connectivity index (χ2n) is 2.75. The normalized spacial score (nSPS) is 11.4. The van der Waals surface area contributed by atoms with E-state index in [0.717, 1.165) is 5.75 Å². The van der Waals surface area contributed by atoms with Gasteiger partial charge in [0.25, 0.3) is 0 Å². The largest absolute Gasteiger partial charge is 1.00 e. The summed E-state index contributed by atoms with van der Waals surface area (Å²) in [6.07, 6.45) is -0.250. The van der Waals surface area contributed by atoms with E-state index in [1.54, 1.807) is 25.3 Å². The Bertz CT molecular complexity index is 278. The molecule has 0 spiro atoms. The van der Waals surface area contributed by atoms with E-state index in [1.807, 2.05) is 13.8 Å². The van der Waals surface area contributed by atoms with E-state index < -0.39 is 0 Å². The Kier molecular flexibility index (Phi) is 7.22. The Morgan fingerprint density at radius 1 is 1.33 bits per heavy atom. The third kappa shape index (κ3) is 5.07. The predicted molar refractivity (Wildman–Crippen MR) is 53.5 cm³/mol. The van der Waals surface area contributed by atoms with Crippen LogP contribution in [0.4, 0.5) is 0 Å². The molecule has 0 aliphatic rings. The number of methoxy groups -OCH3 is 1. The van der Waals surface area contributed by atoms with Crippen molar-refractivity contribution in [1.82, 2.24) is 0 Å². The van der Waals surface area contributed by atoms with Crippen LogP contribution in [0.5, 0.6) is 11.5 Å². The van der Waals surface area contributed by atoms with Crippen LogP contribution >= 0.6 is 0 Å². The first-order valence-electron chi connectivity index (χ1n) is 4.59. The van der Waals surface area contributed by atoms with Crippen LogP contribution in [0.2, 0.25) is 0 Å². The van der Waals surface area contributed by atoms with Crippen LogP contribution in [0.1, 0.15) is 13.8 Å². The van der Waals surface area contributed by atoms with E-state index in [9.17, 15) is 0 Å². The number of hydrogen-bond donors (Lipinski definition) is 0. The molecule has 88 valence electrons. The number of hydrogen-bond acceptors (Lipinski definition) is 3. The second kappa shape index (κ2) is 7.57.